The number of ether oxygens (including phenoxy) is 1. The van der Waals surface area contributed by atoms with E-state index in [-0.39, 0.29) is 11.1 Å². The second kappa shape index (κ2) is 5.92. The summed E-state index contributed by atoms with van der Waals surface area (Å²) in [5.74, 6) is -2.39. The highest BCUT2D eigenvalue weighted by Crippen LogP contribution is 2.37. The first-order valence-corrected chi connectivity index (χ1v) is 7.38. The lowest BCUT2D eigenvalue weighted by atomic mass is 9.88. The molecular formula is C16H18O8. The summed E-state index contributed by atoms with van der Waals surface area (Å²) in [6.07, 6.45) is -6.47. The predicted molar refractivity (Wildman–Crippen MR) is 81.1 cm³/mol. The minimum atomic E-state index is -2.39. The van der Waals surface area contributed by atoms with Crippen molar-refractivity contribution in [2.24, 2.45) is 0 Å². The Hall–Kier alpha value is -1.81. The number of aliphatic hydroxyl groups is 5. The normalized spacial score (nSPS) is 33.8. The number of fused-ring (bicyclic) bond motifs is 1. The molecule has 3 rings (SSSR count). The Kier molecular flexibility index (Phi) is 4.20. The molecule has 0 unspecified atom stereocenters. The van der Waals surface area contributed by atoms with E-state index in [4.69, 9.17) is 9.15 Å². The zero-order valence-corrected chi connectivity index (χ0v) is 12.8. The first-order valence-electron chi connectivity index (χ1n) is 7.38. The van der Waals surface area contributed by atoms with Gasteiger partial charge in [-0.2, -0.15) is 0 Å². The van der Waals surface area contributed by atoms with E-state index >= 15 is 0 Å². The Balaban J connectivity index is 2.12. The van der Waals surface area contributed by atoms with Crippen LogP contribution in [0.25, 0.3) is 11.0 Å². The second-order valence-corrected chi connectivity index (χ2v) is 5.92. The summed E-state index contributed by atoms with van der Waals surface area (Å²) in [6, 6.07) is 5.65. The molecule has 0 amide bonds. The van der Waals surface area contributed by atoms with Gasteiger partial charge < -0.3 is 34.7 Å². The van der Waals surface area contributed by atoms with Gasteiger partial charge in [0.05, 0.1) is 6.61 Å². The van der Waals surface area contributed by atoms with Gasteiger partial charge in [-0.1, -0.05) is 12.1 Å². The number of benzene rings is 1. The van der Waals surface area contributed by atoms with Crippen molar-refractivity contribution in [2.75, 3.05) is 6.61 Å². The summed E-state index contributed by atoms with van der Waals surface area (Å²) in [6.45, 7) is 1.05. The summed E-state index contributed by atoms with van der Waals surface area (Å²) < 4.78 is 10.3. The van der Waals surface area contributed by atoms with Crippen molar-refractivity contribution in [3.05, 3.63) is 45.8 Å². The maximum Gasteiger partial charge on any atom is 0.336 e. The molecule has 1 aliphatic rings. The van der Waals surface area contributed by atoms with Crippen LogP contribution in [0.2, 0.25) is 0 Å². The van der Waals surface area contributed by atoms with Crippen LogP contribution in [0.3, 0.4) is 0 Å². The van der Waals surface area contributed by atoms with Crippen LogP contribution in [0.4, 0.5) is 0 Å². The fraction of sp³-hybridized carbons (Fsp3) is 0.438. The average Bonchev–Trinajstić information content (AvgIpc) is 2.55. The molecule has 0 radical (unpaired) electrons. The van der Waals surface area contributed by atoms with Gasteiger partial charge in [0.25, 0.3) is 0 Å². The van der Waals surface area contributed by atoms with Gasteiger partial charge in [0.2, 0.25) is 5.79 Å². The Morgan fingerprint density at radius 3 is 2.54 bits per heavy atom. The maximum atomic E-state index is 11.5. The summed E-state index contributed by atoms with van der Waals surface area (Å²) >= 11 is 0. The third-order valence-corrected chi connectivity index (χ3v) is 4.33. The van der Waals surface area contributed by atoms with E-state index in [2.05, 4.69) is 0 Å². The molecule has 1 aliphatic heterocycles. The van der Waals surface area contributed by atoms with Crippen LogP contribution in [0, 0.1) is 6.92 Å². The van der Waals surface area contributed by atoms with E-state index in [1.165, 1.54) is 18.2 Å². The van der Waals surface area contributed by atoms with Crippen molar-refractivity contribution in [3.63, 3.8) is 0 Å². The fourth-order valence-corrected chi connectivity index (χ4v) is 2.94. The highest BCUT2D eigenvalue weighted by molar-refractivity contribution is 5.80. The first-order chi connectivity index (χ1) is 11.3. The Morgan fingerprint density at radius 1 is 1.17 bits per heavy atom. The second-order valence-electron chi connectivity index (χ2n) is 5.92. The lowest BCUT2D eigenvalue weighted by Gasteiger charge is -2.45. The molecule has 0 spiro atoms. The molecule has 1 aromatic heterocycles. The standard InChI is InChI=1S/C16H18O8/c1-7-4-12(18)23-10-5-8(2-3-9(7)10)16(22)15(21)14(20)13(19)11(6-17)24-16/h2-5,11,13-15,17,19-22H,6H2,1H3/t11-,13+,14+,15-,16+/m1/s1. The molecule has 2 aromatic rings. The van der Waals surface area contributed by atoms with Gasteiger partial charge in [-0.15, -0.1) is 0 Å². The molecule has 0 aliphatic carbocycles. The van der Waals surface area contributed by atoms with Crippen LogP contribution in [0.1, 0.15) is 11.1 Å². The fourth-order valence-electron chi connectivity index (χ4n) is 2.94. The van der Waals surface area contributed by atoms with Gasteiger partial charge in [-0.25, -0.2) is 4.79 Å². The zero-order valence-electron chi connectivity index (χ0n) is 12.8. The molecule has 24 heavy (non-hydrogen) atoms. The van der Waals surface area contributed by atoms with Crippen LogP contribution >= 0.6 is 0 Å². The third-order valence-electron chi connectivity index (χ3n) is 4.33. The van der Waals surface area contributed by atoms with Crippen molar-refractivity contribution >= 4 is 11.0 Å². The summed E-state index contributed by atoms with van der Waals surface area (Å²) in [5.41, 5.74) is 0.287. The third kappa shape index (κ3) is 2.53. The van der Waals surface area contributed by atoms with Crippen molar-refractivity contribution in [1.82, 2.24) is 0 Å². The van der Waals surface area contributed by atoms with E-state index in [1.807, 2.05) is 0 Å². The lowest BCUT2D eigenvalue weighted by molar-refractivity contribution is -0.357. The minimum Gasteiger partial charge on any atom is -0.423 e. The Labute approximate surface area is 136 Å². The summed E-state index contributed by atoms with van der Waals surface area (Å²) in [4.78, 5) is 11.5. The molecule has 1 fully saturated rings. The van der Waals surface area contributed by atoms with E-state index < -0.39 is 42.4 Å². The van der Waals surface area contributed by atoms with Crippen LogP contribution in [-0.2, 0) is 10.5 Å². The predicted octanol–water partition coefficient (Wildman–Crippen LogP) is -1.28. The summed E-state index contributed by atoms with van der Waals surface area (Å²) in [7, 11) is 0. The molecule has 1 saturated heterocycles. The topological polar surface area (TPSA) is 141 Å². The quantitative estimate of drug-likeness (QED) is 0.427. The largest absolute Gasteiger partial charge is 0.423 e. The number of rotatable bonds is 2. The molecule has 8 heteroatoms. The molecule has 2 heterocycles. The molecule has 0 saturated carbocycles. The molecule has 1 aromatic carbocycles. The SMILES string of the molecule is Cc1cc(=O)oc2cc([C@]3(O)O[C@H](CO)[C@H](O)[C@H](O)[C@H]3O)ccc12. The number of hydrogen-bond donors (Lipinski definition) is 5. The molecule has 130 valence electrons. The van der Waals surface area contributed by atoms with Gasteiger partial charge in [-0.3, -0.25) is 0 Å². The van der Waals surface area contributed by atoms with E-state index in [0.717, 1.165) is 0 Å². The van der Waals surface area contributed by atoms with Gasteiger partial charge >= 0.3 is 5.63 Å². The van der Waals surface area contributed by atoms with E-state index in [0.29, 0.717) is 10.9 Å². The Bertz CT molecular complexity index is 813. The Morgan fingerprint density at radius 2 is 1.88 bits per heavy atom. The van der Waals surface area contributed by atoms with Crippen molar-refractivity contribution < 1.29 is 34.7 Å². The van der Waals surface area contributed by atoms with Crippen molar-refractivity contribution in [3.8, 4) is 0 Å². The summed E-state index contributed by atoms with van der Waals surface area (Å²) in [5, 5.41) is 50.4. The molecule has 5 atom stereocenters. The van der Waals surface area contributed by atoms with Crippen molar-refractivity contribution in [1.29, 1.82) is 0 Å². The first kappa shape index (κ1) is 17.0. The number of aryl methyl sites for hydroxylation is 1. The molecule has 0 bridgehead atoms. The highest BCUT2D eigenvalue weighted by Gasteiger charge is 2.53. The van der Waals surface area contributed by atoms with Gasteiger partial charge in [0, 0.05) is 17.0 Å². The highest BCUT2D eigenvalue weighted by atomic mass is 16.7. The van der Waals surface area contributed by atoms with E-state index in [1.54, 1.807) is 13.0 Å². The minimum absolute atomic E-state index is 0.0145. The molecule has 5 N–H and O–H groups in total. The van der Waals surface area contributed by atoms with Crippen molar-refractivity contribution in [2.45, 2.75) is 37.1 Å². The van der Waals surface area contributed by atoms with Crippen LogP contribution in [0.5, 0.6) is 0 Å². The monoisotopic (exact) mass is 338 g/mol. The average molecular weight is 338 g/mol. The van der Waals surface area contributed by atoms with E-state index in [9.17, 15) is 30.3 Å². The number of hydrogen-bond acceptors (Lipinski definition) is 8. The maximum absolute atomic E-state index is 11.5. The molecule has 8 nitrogen and oxygen atoms in total. The lowest BCUT2D eigenvalue weighted by Crippen LogP contribution is -2.63. The van der Waals surface area contributed by atoms with Crippen LogP contribution in [-0.4, -0.2) is 56.6 Å². The van der Waals surface area contributed by atoms with Crippen LogP contribution < -0.4 is 5.63 Å². The van der Waals surface area contributed by atoms with Gasteiger partial charge in [0.1, 0.15) is 30.0 Å². The smallest absolute Gasteiger partial charge is 0.336 e. The number of aliphatic hydroxyl groups excluding tert-OH is 4. The van der Waals surface area contributed by atoms with Crippen LogP contribution in [0.15, 0.2) is 33.5 Å². The molecular weight excluding hydrogens is 320 g/mol. The van der Waals surface area contributed by atoms with Gasteiger partial charge in [0.15, 0.2) is 0 Å². The zero-order chi connectivity index (χ0) is 17.6. The van der Waals surface area contributed by atoms with Gasteiger partial charge in [-0.05, 0) is 18.6 Å².